The van der Waals surface area contributed by atoms with Gasteiger partial charge in [0.2, 0.25) is 0 Å². The second kappa shape index (κ2) is 8.61. The molecule has 3 rings (SSSR count). The number of thiazole rings is 1. The van der Waals surface area contributed by atoms with E-state index in [1.54, 1.807) is 29.5 Å². The molecule has 0 saturated heterocycles. The molecular formula is C17H19F2N5OS. The van der Waals surface area contributed by atoms with Crippen molar-refractivity contribution in [1.29, 1.82) is 0 Å². The van der Waals surface area contributed by atoms with Gasteiger partial charge in [-0.2, -0.15) is 8.78 Å². The number of guanidine groups is 1. The molecule has 0 fully saturated rings. The van der Waals surface area contributed by atoms with Crippen LogP contribution in [0.5, 0.6) is 5.75 Å². The van der Waals surface area contributed by atoms with Crippen LogP contribution in [-0.2, 0) is 13.1 Å². The largest absolute Gasteiger partial charge is 0.434 e. The maximum absolute atomic E-state index is 12.5. The summed E-state index contributed by atoms with van der Waals surface area (Å²) >= 11 is 1.57. The molecule has 0 spiro atoms. The first-order valence-electron chi connectivity index (χ1n) is 8.11. The number of nitrogens with zero attached hydrogens (tertiary/aromatic N) is 3. The average Bonchev–Trinajstić information content (AvgIpc) is 3.19. The minimum Gasteiger partial charge on any atom is -0.434 e. The van der Waals surface area contributed by atoms with Gasteiger partial charge in [0, 0.05) is 29.9 Å². The summed E-state index contributed by atoms with van der Waals surface area (Å²) < 4.78 is 31.5. The van der Waals surface area contributed by atoms with Crippen LogP contribution in [0.25, 0.3) is 4.96 Å². The van der Waals surface area contributed by atoms with Crippen molar-refractivity contribution in [2.24, 2.45) is 4.99 Å². The molecule has 6 nitrogen and oxygen atoms in total. The Labute approximate surface area is 153 Å². The smallest absolute Gasteiger partial charge is 0.387 e. The van der Waals surface area contributed by atoms with Gasteiger partial charge in [0.15, 0.2) is 10.9 Å². The Morgan fingerprint density at radius 3 is 2.96 bits per heavy atom. The zero-order chi connectivity index (χ0) is 18.4. The number of benzene rings is 1. The molecule has 9 heteroatoms. The number of halogens is 2. The average molecular weight is 379 g/mol. The summed E-state index contributed by atoms with van der Waals surface area (Å²) in [5.74, 6) is 0.715. The summed E-state index contributed by atoms with van der Waals surface area (Å²) in [6.07, 6.45) is 3.91. The molecule has 0 aliphatic heterocycles. The second-order valence-electron chi connectivity index (χ2n) is 5.36. The lowest BCUT2D eigenvalue weighted by Crippen LogP contribution is -2.36. The maximum atomic E-state index is 12.5. The number of imidazole rings is 1. The fraction of sp³-hybridized carbons (Fsp3) is 0.294. The van der Waals surface area contributed by atoms with Crippen molar-refractivity contribution in [2.45, 2.75) is 26.6 Å². The van der Waals surface area contributed by atoms with E-state index in [4.69, 9.17) is 0 Å². The van der Waals surface area contributed by atoms with Gasteiger partial charge in [-0.15, -0.1) is 11.3 Å². The molecular weight excluding hydrogens is 360 g/mol. The lowest BCUT2D eigenvalue weighted by Gasteiger charge is -2.12. The Morgan fingerprint density at radius 2 is 2.19 bits per heavy atom. The number of rotatable bonds is 7. The van der Waals surface area contributed by atoms with Crippen molar-refractivity contribution in [2.75, 3.05) is 6.54 Å². The molecule has 0 bridgehead atoms. The van der Waals surface area contributed by atoms with Gasteiger partial charge in [-0.1, -0.05) is 18.2 Å². The van der Waals surface area contributed by atoms with Crippen LogP contribution in [-0.4, -0.2) is 28.5 Å². The van der Waals surface area contributed by atoms with Gasteiger partial charge >= 0.3 is 6.61 Å². The number of hydrogen-bond acceptors (Lipinski definition) is 4. The van der Waals surface area contributed by atoms with Gasteiger partial charge in [-0.3, -0.25) is 4.40 Å². The number of ether oxygens (including phenoxy) is 1. The Balaban J connectivity index is 1.66. The minimum atomic E-state index is -2.86. The van der Waals surface area contributed by atoms with Crippen molar-refractivity contribution < 1.29 is 13.5 Å². The lowest BCUT2D eigenvalue weighted by atomic mass is 10.2. The standard InChI is InChI=1S/C17H19F2N5OS/c1-2-20-16(22-10-13-11-24-7-8-26-17(24)23-13)21-9-12-5-3-4-6-14(12)25-15(18)19/h3-8,11,15H,2,9-10H2,1H3,(H2,20,21,22). The lowest BCUT2D eigenvalue weighted by molar-refractivity contribution is -0.0504. The molecule has 0 aliphatic carbocycles. The number of aliphatic imine (C=N–C) groups is 1. The van der Waals surface area contributed by atoms with Crippen molar-refractivity contribution in [3.63, 3.8) is 0 Å². The van der Waals surface area contributed by atoms with Crippen LogP contribution in [0.15, 0.2) is 47.0 Å². The van der Waals surface area contributed by atoms with Crippen LogP contribution in [0.4, 0.5) is 8.78 Å². The Morgan fingerprint density at radius 1 is 1.35 bits per heavy atom. The Hall–Kier alpha value is -2.68. The van der Waals surface area contributed by atoms with Gasteiger partial charge < -0.3 is 15.4 Å². The second-order valence-corrected chi connectivity index (χ2v) is 6.23. The summed E-state index contributed by atoms with van der Waals surface area (Å²) in [5, 5.41) is 8.30. The van der Waals surface area contributed by atoms with E-state index in [9.17, 15) is 8.78 Å². The van der Waals surface area contributed by atoms with Crippen molar-refractivity contribution in [3.05, 3.63) is 53.3 Å². The van der Waals surface area contributed by atoms with Crippen LogP contribution >= 0.6 is 11.3 Å². The van der Waals surface area contributed by atoms with E-state index in [1.165, 1.54) is 6.07 Å². The topological polar surface area (TPSA) is 63.0 Å². The molecule has 0 aliphatic rings. The number of fused-ring (bicyclic) bond motifs is 1. The van der Waals surface area contributed by atoms with E-state index in [2.05, 4.69) is 25.3 Å². The predicted molar refractivity (Wildman–Crippen MR) is 97.8 cm³/mol. The Bertz CT molecular complexity index is 848. The van der Waals surface area contributed by atoms with Crippen LogP contribution < -0.4 is 15.4 Å². The quantitative estimate of drug-likeness (QED) is 0.489. The van der Waals surface area contributed by atoms with E-state index in [-0.39, 0.29) is 12.3 Å². The van der Waals surface area contributed by atoms with Crippen LogP contribution in [0.3, 0.4) is 0 Å². The Kier molecular flexibility index (Phi) is 6.00. The van der Waals surface area contributed by atoms with Crippen LogP contribution in [0.2, 0.25) is 0 Å². The molecule has 1 aromatic carbocycles. The highest BCUT2D eigenvalue weighted by Gasteiger charge is 2.09. The molecule has 0 atom stereocenters. The zero-order valence-electron chi connectivity index (χ0n) is 14.2. The van der Waals surface area contributed by atoms with E-state index < -0.39 is 6.61 Å². The molecule has 138 valence electrons. The van der Waals surface area contributed by atoms with E-state index in [0.29, 0.717) is 24.6 Å². The molecule has 0 radical (unpaired) electrons. The summed E-state index contributed by atoms with van der Waals surface area (Å²) in [4.78, 5) is 9.88. The van der Waals surface area contributed by atoms with Gasteiger partial charge in [0.05, 0.1) is 18.8 Å². The van der Waals surface area contributed by atoms with Gasteiger partial charge in [0.25, 0.3) is 0 Å². The van der Waals surface area contributed by atoms with E-state index >= 15 is 0 Å². The van der Waals surface area contributed by atoms with E-state index in [0.717, 1.165) is 10.7 Å². The summed E-state index contributed by atoms with van der Waals surface area (Å²) in [7, 11) is 0. The summed E-state index contributed by atoms with van der Waals surface area (Å²) in [6.45, 7) is 0.504. The third kappa shape index (κ3) is 4.69. The van der Waals surface area contributed by atoms with Crippen molar-refractivity contribution in [1.82, 2.24) is 20.0 Å². The highest BCUT2D eigenvalue weighted by Crippen LogP contribution is 2.21. The third-order valence-electron chi connectivity index (χ3n) is 3.52. The van der Waals surface area contributed by atoms with Gasteiger partial charge in [-0.05, 0) is 13.0 Å². The van der Waals surface area contributed by atoms with E-state index in [1.807, 2.05) is 29.1 Å². The third-order valence-corrected chi connectivity index (χ3v) is 4.29. The molecule has 0 unspecified atom stereocenters. The molecule has 2 N–H and O–H groups in total. The molecule has 0 saturated carbocycles. The summed E-state index contributed by atoms with van der Waals surface area (Å²) in [6, 6.07) is 6.64. The van der Waals surface area contributed by atoms with Gasteiger partial charge in [0.1, 0.15) is 5.75 Å². The number of para-hydroxylation sites is 1. The normalized spacial score (nSPS) is 11.9. The number of hydrogen-bond donors (Lipinski definition) is 2. The molecule has 2 aromatic heterocycles. The maximum Gasteiger partial charge on any atom is 0.387 e. The number of nitrogens with one attached hydrogen (secondary N) is 2. The van der Waals surface area contributed by atoms with Gasteiger partial charge in [-0.25, -0.2) is 9.98 Å². The predicted octanol–water partition coefficient (Wildman–Crippen LogP) is 3.25. The fourth-order valence-corrected chi connectivity index (χ4v) is 3.11. The summed E-state index contributed by atoms with van der Waals surface area (Å²) in [5.41, 5.74) is 1.48. The first-order valence-corrected chi connectivity index (χ1v) is 8.99. The molecule has 2 heterocycles. The first kappa shape index (κ1) is 18.1. The first-order chi connectivity index (χ1) is 12.7. The number of alkyl halides is 2. The zero-order valence-corrected chi connectivity index (χ0v) is 15.0. The van der Waals surface area contributed by atoms with Crippen molar-refractivity contribution >= 4 is 22.3 Å². The monoisotopic (exact) mass is 379 g/mol. The molecule has 3 aromatic rings. The minimum absolute atomic E-state index is 0.136. The molecule has 0 amide bonds. The number of aromatic nitrogens is 2. The van der Waals surface area contributed by atoms with Crippen LogP contribution in [0.1, 0.15) is 18.2 Å². The SMILES string of the molecule is CCNC(=NCc1ccccc1OC(F)F)NCc1cn2ccsc2n1. The molecule has 26 heavy (non-hydrogen) atoms. The fourth-order valence-electron chi connectivity index (χ4n) is 2.39. The van der Waals surface area contributed by atoms with Crippen molar-refractivity contribution in [3.8, 4) is 5.75 Å². The van der Waals surface area contributed by atoms with Crippen LogP contribution in [0, 0.1) is 0 Å². The highest BCUT2D eigenvalue weighted by atomic mass is 32.1. The highest BCUT2D eigenvalue weighted by molar-refractivity contribution is 7.15.